The molecule has 124 valence electrons. The van der Waals surface area contributed by atoms with Gasteiger partial charge in [-0.2, -0.15) is 0 Å². The predicted molar refractivity (Wildman–Crippen MR) is 90.4 cm³/mol. The second-order valence-corrected chi connectivity index (χ2v) is 5.28. The van der Waals surface area contributed by atoms with Crippen molar-refractivity contribution in [3.05, 3.63) is 53.6 Å². The topological polar surface area (TPSA) is 73.6 Å². The Balaban J connectivity index is 1.88. The van der Waals surface area contributed by atoms with E-state index in [0.29, 0.717) is 12.3 Å². The number of carbonyl (C=O) groups excluding carboxylic acids is 1. The van der Waals surface area contributed by atoms with Crippen LogP contribution in [-0.2, 0) is 11.3 Å². The number of hydrogen-bond acceptors (Lipinski definition) is 6. The van der Waals surface area contributed by atoms with Crippen LogP contribution in [0.1, 0.15) is 21.9 Å². The van der Waals surface area contributed by atoms with Crippen LogP contribution in [0.15, 0.2) is 40.9 Å². The number of fused-ring (bicyclic) bond motifs is 1. The third-order valence-corrected chi connectivity index (χ3v) is 3.76. The first-order valence-corrected chi connectivity index (χ1v) is 7.47. The molecule has 0 saturated heterocycles. The van der Waals surface area contributed by atoms with E-state index in [1.807, 2.05) is 25.1 Å². The second-order valence-electron chi connectivity index (χ2n) is 5.28. The Morgan fingerprint density at radius 2 is 2.08 bits per heavy atom. The molecule has 6 heteroatoms. The van der Waals surface area contributed by atoms with Crippen LogP contribution in [0.5, 0.6) is 5.75 Å². The molecular formula is C18H18N2O4. The lowest BCUT2D eigenvalue weighted by atomic mass is 10.1. The van der Waals surface area contributed by atoms with Gasteiger partial charge in [0.05, 0.1) is 20.8 Å². The number of carbonyl (C=O) groups is 1. The molecule has 24 heavy (non-hydrogen) atoms. The Labute approximate surface area is 139 Å². The Kier molecular flexibility index (Phi) is 4.37. The van der Waals surface area contributed by atoms with Crippen molar-refractivity contribution < 1.29 is 18.7 Å². The van der Waals surface area contributed by atoms with Crippen LogP contribution in [0, 0.1) is 6.92 Å². The van der Waals surface area contributed by atoms with Crippen molar-refractivity contribution in [2.45, 2.75) is 13.5 Å². The lowest BCUT2D eigenvalue weighted by Gasteiger charge is -2.13. The minimum absolute atomic E-state index is 0.187. The minimum atomic E-state index is -0.489. The van der Waals surface area contributed by atoms with E-state index in [4.69, 9.17) is 9.15 Å². The van der Waals surface area contributed by atoms with E-state index in [0.717, 1.165) is 27.9 Å². The molecule has 0 bridgehead atoms. The Morgan fingerprint density at radius 3 is 2.83 bits per heavy atom. The molecule has 0 radical (unpaired) electrons. The van der Waals surface area contributed by atoms with Crippen molar-refractivity contribution in [1.82, 2.24) is 4.98 Å². The van der Waals surface area contributed by atoms with Gasteiger partial charge in [-0.1, -0.05) is 12.1 Å². The Bertz CT molecular complexity index is 886. The van der Waals surface area contributed by atoms with Crippen molar-refractivity contribution in [1.29, 1.82) is 0 Å². The van der Waals surface area contributed by atoms with Crippen LogP contribution in [0.2, 0.25) is 0 Å². The highest BCUT2D eigenvalue weighted by Crippen LogP contribution is 2.31. The summed E-state index contributed by atoms with van der Waals surface area (Å²) in [6, 6.07) is 9.14. The highest BCUT2D eigenvalue weighted by Gasteiger charge is 2.13. The monoisotopic (exact) mass is 326 g/mol. The molecule has 0 atom stereocenters. The maximum absolute atomic E-state index is 11.4. The van der Waals surface area contributed by atoms with Crippen molar-refractivity contribution in [3.63, 3.8) is 0 Å². The third-order valence-electron chi connectivity index (χ3n) is 3.76. The van der Waals surface area contributed by atoms with E-state index in [2.05, 4.69) is 15.0 Å². The van der Waals surface area contributed by atoms with Gasteiger partial charge in [0.2, 0.25) is 5.76 Å². The smallest absolute Gasteiger partial charge is 0.373 e. The number of hydrogen-bond donors (Lipinski definition) is 1. The summed E-state index contributed by atoms with van der Waals surface area (Å²) in [4.78, 5) is 15.9. The fourth-order valence-electron chi connectivity index (χ4n) is 2.55. The lowest BCUT2D eigenvalue weighted by Crippen LogP contribution is -2.03. The van der Waals surface area contributed by atoms with Crippen LogP contribution >= 0.6 is 0 Å². The standard InChI is InChI=1S/C18H18N2O4/c1-11-9-19-17-13(5-4-6-14(17)22-2)16(11)20-10-12-7-8-15(24-12)18(21)23-3/h4-9H,10H2,1-3H3,(H,19,20). The van der Waals surface area contributed by atoms with Gasteiger partial charge in [0.25, 0.3) is 0 Å². The normalized spacial score (nSPS) is 10.6. The molecule has 0 unspecified atom stereocenters. The number of nitrogens with one attached hydrogen (secondary N) is 1. The summed E-state index contributed by atoms with van der Waals surface area (Å²) in [5, 5.41) is 4.32. The largest absolute Gasteiger partial charge is 0.494 e. The molecule has 0 aliphatic heterocycles. The SMILES string of the molecule is COC(=O)c1ccc(CNc2c(C)cnc3c(OC)cccc23)o1. The second kappa shape index (κ2) is 6.62. The van der Waals surface area contributed by atoms with Gasteiger partial charge in [0.1, 0.15) is 17.0 Å². The van der Waals surface area contributed by atoms with Gasteiger partial charge in [-0.15, -0.1) is 0 Å². The number of furan rings is 1. The summed E-state index contributed by atoms with van der Waals surface area (Å²) in [5.74, 6) is 1.06. The maximum atomic E-state index is 11.4. The van der Waals surface area contributed by atoms with Crippen LogP contribution in [0.25, 0.3) is 10.9 Å². The number of pyridine rings is 1. The summed E-state index contributed by atoms with van der Waals surface area (Å²) < 4.78 is 15.5. The molecule has 0 aliphatic rings. The first-order chi connectivity index (χ1) is 11.6. The van der Waals surface area contributed by atoms with Gasteiger partial charge in [-0.3, -0.25) is 4.98 Å². The van der Waals surface area contributed by atoms with Gasteiger partial charge < -0.3 is 19.2 Å². The van der Waals surface area contributed by atoms with Gasteiger partial charge in [-0.05, 0) is 30.7 Å². The number of esters is 1. The Hall–Kier alpha value is -3.02. The summed E-state index contributed by atoms with van der Waals surface area (Å²) in [6.07, 6.45) is 1.80. The molecule has 0 amide bonds. The van der Waals surface area contributed by atoms with Crippen molar-refractivity contribution >= 4 is 22.6 Å². The number of para-hydroxylation sites is 1. The number of anilines is 1. The number of methoxy groups -OCH3 is 2. The van der Waals surface area contributed by atoms with Crippen LogP contribution in [-0.4, -0.2) is 25.2 Å². The van der Waals surface area contributed by atoms with Crippen molar-refractivity contribution in [2.75, 3.05) is 19.5 Å². The highest BCUT2D eigenvalue weighted by atomic mass is 16.5. The summed E-state index contributed by atoms with van der Waals surface area (Å²) >= 11 is 0. The van der Waals surface area contributed by atoms with E-state index >= 15 is 0 Å². The molecule has 3 rings (SSSR count). The molecular weight excluding hydrogens is 308 g/mol. The van der Waals surface area contributed by atoms with Gasteiger partial charge >= 0.3 is 5.97 Å². The number of aryl methyl sites for hydroxylation is 1. The van der Waals surface area contributed by atoms with Crippen molar-refractivity contribution in [3.8, 4) is 5.75 Å². The molecule has 2 aromatic heterocycles. The van der Waals surface area contributed by atoms with Gasteiger partial charge in [0, 0.05) is 17.3 Å². The molecule has 0 spiro atoms. The fourth-order valence-corrected chi connectivity index (χ4v) is 2.55. The molecule has 1 N–H and O–H groups in total. The summed E-state index contributed by atoms with van der Waals surface area (Å²) in [7, 11) is 2.95. The van der Waals surface area contributed by atoms with E-state index in [9.17, 15) is 4.79 Å². The number of aromatic nitrogens is 1. The van der Waals surface area contributed by atoms with E-state index in [1.165, 1.54) is 7.11 Å². The molecule has 1 aromatic carbocycles. The molecule has 0 saturated carbocycles. The molecule has 2 heterocycles. The lowest BCUT2D eigenvalue weighted by molar-refractivity contribution is 0.0563. The average molecular weight is 326 g/mol. The summed E-state index contributed by atoms with van der Waals surface area (Å²) in [5.41, 5.74) is 2.76. The first-order valence-electron chi connectivity index (χ1n) is 7.47. The number of ether oxygens (including phenoxy) is 2. The van der Waals surface area contributed by atoms with Gasteiger partial charge in [-0.25, -0.2) is 4.79 Å². The molecule has 6 nitrogen and oxygen atoms in total. The Morgan fingerprint density at radius 1 is 1.25 bits per heavy atom. The maximum Gasteiger partial charge on any atom is 0.373 e. The van der Waals surface area contributed by atoms with E-state index < -0.39 is 5.97 Å². The number of rotatable bonds is 5. The quantitative estimate of drug-likeness (QED) is 0.723. The zero-order chi connectivity index (χ0) is 17.1. The van der Waals surface area contributed by atoms with Gasteiger partial charge in [0.15, 0.2) is 0 Å². The average Bonchev–Trinajstić information content (AvgIpc) is 3.08. The van der Waals surface area contributed by atoms with Crippen LogP contribution in [0.3, 0.4) is 0 Å². The third kappa shape index (κ3) is 2.90. The molecule has 0 aliphatic carbocycles. The zero-order valence-corrected chi connectivity index (χ0v) is 13.8. The number of nitrogens with zero attached hydrogens (tertiary/aromatic N) is 1. The van der Waals surface area contributed by atoms with Crippen molar-refractivity contribution in [2.24, 2.45) is 0 Å². The molecule has 0 fully saturated rings. The minimum Gasteiger partial charge on any atom is -0.494 e. The van der Waals surface area contributed by atoms with Crippen LogP contribution < -0.4 is 10.1 Å². The summed E-state index contributed by atoms with van der Waals surface area (Å²) in [6.45, 7) is 2.42. The van der Waals surface area contributed by atoms with Crippen LogP contribution in [0.4, 0.5) is 5.69 Å². The fraction of sp³-hybridized carbons (Fsp3) is 0.222. The predicted octanol–water partition coefficient (Wildman–Crippen LogP) is 3.54. The highest BCUT2D eigenvalue weighted by molar-refractivity contribution is 5.96. The number of benzene rings is 1. The first kappa shape index (κ1) is 15.9. The van der Waals surface area contributed by atoms with E-state index in [1.54, 1.807) is 25.4 Å². The van der Waals surface area contributed by atoms with E-state index in [-0.39, 0.29) is 5.76 Å². The zero-order valence-electron chi connectivity index (χ0n) is 13.8. The molecule has 3 aromatic rings.